The summed E-state index contributed by atoms with van der Waals surface area (Å²) < 4.78 is 45.6. The lowest BCUT2D eigenvalue weighted by atomic mass is 10.1. The third-order valence-corrected chi connectivity index (χ3v) is 6.56. The quantitative estimate of drug-likeness (QED) is 0.800. The third-order valence-electron chi connectivity index (χ3n) is 4.65. The molecule has 0 bridgehead atoms. The van der Waals surface area contributed by atoms with E-state index in [1.54, 1.807) is 18.2 Å². The molecule has 1 heterocycles. The molecule has 1 aliphatic rings. The highest BCUT2D eigenvalue weighted by molar-refractivity contribution is 7.89. The van der Waals surface area contributed by atoms with Gasteiger partial charge in [-0.25, -0.2) is 12.8 Å². The van der Waals surface area contributed by atoms with Gasteiger partial charge in [-0.15, -0.1) is 0 Å². The minimum Gasteiger partial charge on any atom is -0.494 e. The molecule has 1 fully saturated rings. The molecule has 2 aromatic carbocycles. The van der Waals surface area contributed by atoms with Crippen molar-refractivity contribution in [2.45, 2.75) is 30.7 Å². The zero-order chi connectivity index (χ0) is 20.1. The first kappa shape index (κ1) is 20.3. The molecular weight excluding hydrogens is 383 g/mol. The Bertz CT molecular complexity index is 923. The van der Waals surface area contributed by atoms with Gasteiger partial charge in [0, 0.05) is 24.7 Å². The average Bonchev–Trinajstić information content (AvgIpc) is 2.69. The zero-order valence-electron chi connectivity index (χ0n) is 15.6. The van der Waals surface area contributed by atoms with Gasteiger partial charge >= 0.3 is 0 Å². The third kappa shape index (κ3) is 4.69. The van der Waals surface area contributed by atoms with Crippen molar-refractivity contribution in [2.24, 2.45) is 0 Å². The molecule has 0 saturated carbocycles. The highest BCUT2D eigenvalue weighted by Crippen LogP contribution is 2.23. The summed E-state index contributed by atoms with van der Waals surface area (Å²) in [6.07, 6.45) is 0.995. The Hall–Kier alpha value is -2.45. The van der Waals surface area contributed by atoms with Crippen LogP contribution in [-0.2, 0) is 10.0 Å². The molecule has 0 atom stereocenters. The van der Waals surface area contributed by atoms with Crippen molar-refractivity contribution in [3.05, 3.63) is 59.9 Å². The number of hydrogen-bond acceptors (Lipinski definition) is 4. The first-order valence-corrected chi connectivity index (χ1v) is 10.6. The molecule has 8 heteroatoms. The minimum absolute atomic E-state index is 0.150. The van der Waals surface area contributed by atoms with Crippen molar-refractivity contribution in [1.82, 2.24) is 9.62 Å². The standard InChI is InChI=1S/C20H23FN2O4S/c1-2-27-18-6-8-19(9-7-18)28(25,26)23-12-10-17(11-13-23)22-20(24)15-4-3-5-16(21)14-15/h3-9,14,17H,2,10-13H2,1H3,(H,22,24). The summed E-state index contributed by atoms with van der Waals surface area (Å²) in [6, 6.07) is 11.7. The summed E-state index contributed by atoms with van der Waals surface area (Å²) in [6.45, 7) is 3.00. The Kier molecular flexibility index (Phi) is 6.31. The van der Waals surface area contributed by atoms with Crippen molar-refractivity contribution < 1.29 is 22.3 Å². The fourth-order valence-electron chi connectivity index (χ4n) is 3.16. The number of amides is 1. The molecule has 0 radical (unpaired) electrons. The molecule has 1 amide bonds. The second kappa shape index (κ2) is 8.70. The molecule has 0 unspecified atom stereocenters. The topological polar surface area (TPSA) is 75.7 Å². The van der Waals surface area contributed by atoms with Crippen LogP contribution >= 0.6 is 0 Å². The number of hydrogen-bond donors (Lipinski definition) is 1. The van der Waals surface area contributed by atoms with Crippen molar-refractivity contribution in [2.75, 3.05) is 19.7 Å². The predicted octanol–water partition coefficient (Wildman–Crippen LogP) is 2.81. The summed E-state index contributed by atoms with van der Waals surface area (Å²) in [5, 5.41) is 2.85. The van der Waals surface area contributed by atoms with E-state index in [2.05, 4.69) is 5.32 Å². The van der Waals surface area contributed by atoms with E-state index >= 15 is 0 Å². The van der Waals surface area contributed by atoms with Crippen LogP contribution in [0.4, 0.5) is 4.39 Å². The monoisotopic (exact) mass is 406 g/mol. The number of ether oxygens (including phenoxy) is 1. The molecule has 0 aromatic heterocycles. The first-order chi connectivity index (χ1) is 13.4. The van der Waals surface area contributed by atoms with Gasteiger partial charge in [0.1, 0.15) is 11.6 Å². The lowest BCUT2D eigenvalue weighted by Gasteiger charge is -2.31. The van der Waals surface area contributed by atoms with Gasteiger partial charge in [-0.2, -0.15) is 4.31 Å². The van der Waals surface area contributed by atoms with Gasteiger partial charge in [-0.05, 0) is 62.2 Å². The van der Waals surface area contributed by atoms with Gasteiger partial charge in [0.15, 0.2) is 0 Å². The predicted molar refractivity (Wildman–Crippen MR) is 103 cm³/mol. The second-order valence-corrected chi connectivity index (χ2v) is 8.50. The smallest absolute Gasteiger partial charge is 0.251 e. The van der Waals surface area contributed by atoms with Crippen molar-refractivity contribution >= 4 is 15.9 Å². The van der Waals surface area contributed by atoms with Crippen LogP contribution in [-0.4, -0.2) is 44.4 Å². The number of halogens is 1. The van der Waals surface area contributed by atoms with Gasteiger partial charge in [0.2, 0.25) is 10.0 Å². The largest absolute Gasteiger partial charge is 0.494 e. The minimum atomic E-state index is -3.59. The summed E-state index contributed by atoms with van der Waals surface area (Å²) >= 11 is 0. The maximum Gasteiger partial charge on any atom is 0.251 e. The Morgan fingerprint density at radius 3 is 2.46 bits per heavy atom. The number of piperidine rings is 1. The van der Waals surface area contributed by atoms with Crippen LogP contribution in [0.1, 0.15) is 30.1 Å². The van der Waals surface area contributed by atoms with Gasteiger partial charge < -0.3 is 10.1 Å². The van der Waals surface area contributed by atoms with Crippen LogP contribution in [0.3, 0.4) is 0 Å². The SMILES string of the molecule is CCOc1ccc(S(=O)(=O)N2CCC(NC(=O)c3cccc(F)c3)CC2)cc1. The Labute approximate surface area is 164 Å². The molecule has 150 valence electrons. The molecule has 28 heavy (non-hydrogen) atoms. The van der Waals surface area contributed by atoms with Crippen molar-refractivity contribution in [3.8, 4) is 5.75 Å². The fraction of sp³-hybridized carbons (Fsp3) is 0.350. The van der Waals surface area contributed by atoms with Gasteiger partial charge in [0.25, 0.3) is 5.91 Å². The van der Waals surface area contributed by atoms with E-state index in [4.69, 9.17) is 4.74 Å². The first-order valence-electron chi connectivity index (χ1n) is 9.19. The summed E-state index contributed by atoms with van der Waals surface area (Å²) in [4.78, 5) is 12.4. The van der Waals surface area contributed by atoms with E-state index in [1.165, 1.54) is 34.6 Å². The summed E-state index contributed by atoms with van der Waals surface area (Å²) in [5.41, 5.74) is 0.254. The Morgan fingerprint density at radius 2 is 1.86 bits per heavy atom. The number of carbonyl (C=O) groups excluding carboxylic acids is 1. The molecule has 1 saturated heterocycles. The van der Waals surface area contributed by atoms with E-state index in [0.29, 0.717) is 38.3 Å². The Balaban J connectivity index is 1.59. The maximum absolute atomic E-state index is 13.3. The molecule has 2 aromatic rings. The molecular formula is C20H23FN2O4S. The Morgan fingerprint density at radius 1 is 1.18 bits per heavy atom. The van der Waals surface area contributed by atoms with Crippen LogP contribution in [0, 0.1) is 5.82 Å². The van der Waals surface area contributed by atoms with Crippen LogP contribution < -0.4 is 10.1 Å². The molecule has 6 nitrogen and oxygen atoms in total. The van der Waals surface area contributed by atoms with E-state index in [-0.39, 0.29) is 22.4 Å². The maximum atomic E-state index is 13.3. The van der Waals surface area contributed by atoms with Crippen LogP contribution in [0.25, 0.3) is 0 Å². The summed E-state index contributed by atoms with van der Waals surface area (Å²) in [7, 11) is -3.59. The van der Waals surface area contributed by atoms with Crippen LogP contribution in [0.2, 0.25) is 0 Å². The normalized spacial score (nSPS) is 15.9. The molecule has 1 aliphatic heterocycles. The number of carbonyl (C=O) groups is 1. The van der Waals surface area contributed by atoms with E-state index in [1.807, 2.05) is 6.92 Å². The molecule has 3 rings (SSSR count). The molecule has 0 aliphatic carbocycles. The number of benzene rings is 2. The van der Waals surface area contributed by atoms with Gasteiger partial charge in [-0.3, -0.25) is 4.79 Å². The summed E-state index contributed by atoms with van der Waals surface area (Å²) in [5.74, 6) is -0.198. The van der Waals surface area contributed by atoms with Gasteiger partial charge in [0.05, 0.1) is 11.5 Å². The number of nitrogens with one attached hydrogen (secondary N) is 1. The van der Waals surface area contributed by atoms with Crippen molar-refractivity contribution in [1.29, 1.82) is 0 Å². The van der Waals surface area contributed by atoms with E-state index in [0.717, 1.165) is 0 Å². The fourth-order valence-corrected chi connectivity index (χ4v) is 4.63. The van der Waals surface area contributed by atoms with Crippen molar-refractivity contribution in [3.63, 3.8) is 0 Å². The molecule has 0 spiro atoms. The van der Waals surface area contributed by atoms with E-state index in [9.17, 15) is 17.6 Å². The number of rotatable bonds is 6. The molecule has 1 N–H and O–H groups in total. The number of sulfonamides is 1. The second-order valence-electron chi connectivity index (χ2n) is 6.57. The highest BCUT2D eigenvalue weighted by Gasteiger charge is 2.30. The number of nitrogens with zero attached hydrogens (tertiary/aromatic N) is 1. The lowest BCUT2D eigenvalue weighted by Crippen LogP contribution is -2.46. The van der Waals surface area contributed by atoms with Crippen LogP contribution in [0.15, 0.2) is 53.4 Å². The average molecular weight is 406 g/mol. The van der Waals surface area contributed by atoms with Gasteiger partial charge in [-0.1, -0.05) is 6.07 Å². The lowest BCUT2D eigenvalue weighted by molar-refractivity contribution is 0.0923. The zero-order valence-corrected chi connectivity index (χ0v) is 16.4. The van der Waals surface area contributed by atoms with E-state index < -0.39 is 15.8 Å². The highest BCUT2D eigenvalue weighted by atomic mass is 32.2. The van der Waals surface area contributed by atoms with Crippen LogP contribution in [0.5, 0.6) is 5.75 Å².